The van der Waals surface area contributed by atoms with Gasteiger partial charge in [-0.05, 0) is 19.8 Å². The molecule has 1 saturated heterocycles. The van der Waals surface area contributed by atoms with Crippen LogP contribution in [0.1, 0.15) is 19.8 Å². The molecule has 0 bridgehead atoms. The lowest BCUT2D eigenvalue weighted by molar-refractivity contribution is 0.206. The fourth-order valence-electron chi connectivity index (χ4n) is 2.06. The monoisotopic (exact) mass is 239 g/mol. The molecule has 0 aromatic carbocycles. The van der Waals surface area contributed by atoms with E-state index in [4.69, 9.17) is 5.73 Å². The van der Waals surface area contributed by atoms with Crippen LogP contribution in [0, 0.1) is 5.82 Å². The smallest absolute Gasteiger partial charge is 0.388 e. The van der Waals surface area contributed by atoms with E-state index in [9.17, 15) is 9.18 Å². The van der Waals surface area contributed by atoms with Gasteiger partial charge >= 0.3 is 6.09 Å². The van der Waals surface area contributed by atoms with Crippen molar-refractivity contribution < 1.29 is 13.9 Å². The van der Waals surface area contributed by atoms with Gasteiger partial charge in [-0.3, -0.25) is 0 Å². The van der Waals surface area contributed by atoms with Crippen molar-refractivity contribution in [3.8, 4) is 5.88 Å². The Morgan fingerprint density at radius 3 is 3.00 bits per heavy atom. The fraction of sp³-hybridized carbons (Fsp3) is 0.455. The number of aromatic nitrogens is 1. The molecule has 6 heteroatoms. The van der Waals surface area contributed by atoms with Gasteiger partial charge in [-0.25, -0.2) is 14.2 Å². The second kappa shape index (κ2) is 4.57. The SMILES string of the molecule is C[C@@H]1CCCN1c1cnc(OC(N)=O)c(F)c1. The van der Waals surface area contributed by atoms with E-state index in [0.717, 1.165) is 19.4 Å². The molecule has 1 fully saturated rings. The molecule has 1 aliphatic rings. The number of ether oxygens (including phenoxy) is 1. The largest absolute Gasteiger partial charge is 0.411 e. The molecule has 1 aliphatic heterocycles. The van der Waals surface area contributed by atoms with E-state index in [-0.39, 0.29) is 5.88 Å². The van der Waals surface area contributed by atoms with E-state index >= 15 is 0 Å². The Bertz CT molecular complexity index is 439. The summed E-state index contributed by atoms with van der Waals surface area (Å²) in [6.45, 7) is 2.97. The van der Waals surface area contributed by atoms with E-state index < -0.39 is 11.9 Å². The van der Waals surface area contributed by atoms with Crippen LogP contribution in [0.4, 0.5) is 14.9 Å². The minimum Gasteiger partial charge on any atom is -0.388 e. The van der Waals surface area contributed by atoms with Crippen molar-refractivity contribution in [2.24, 2.45) is 5.73 Å². The van der Waals surface area contributed by atoms with Crippen LogP contribution in [0.25, 0.3) is 0 Å². The average molecular weight is 239 g/mol. The summed E-state index contributed by atoms with van der Waals surface area (Å²) in [5, 5.41) is 0. The lowest BCUT2D eigenvalue weighted by atomic mass is 10.2. The minimum atomic E-state index is -1.07. The standard InChI is InChI=1S/C11H14FN3O2/c1-7-3-2-4-15(7)8-5-9(12)10(14-6-8)17-11(13)16/h5-7H,2-4H2,1H3,(H2,13,16)/t7-/m1/s1. The summed E-state index contributed by atoms with van der Waals surface area (Å²) in [7, 11) is 0. The highest BCUT2D eigenvalue weighted by molar-refractivity contribution is 5.67. The second-order valence-corrected chi connectivity index (χ2v) is 4.09. The van der Waals surface area contributed by atoms with E-state index in [1.807, 2.05) is 0 Å². The summed E-state index contributed by atoms with van der Waals surface area (Å²) in [4.78, 5) is 16.3. The molecule has 1 aromatic heterocycles. The molecular formula is C11H14FN3O2. The van der Waals surface area contributed by atoms with Gasteiger partial charge in [-0.2, -0.15) is 0 Å². The van der Waals surface area contributed by atoms with E-state index in [1.54, 1.807) is 0 Å². The summed E-state index contributed by atoms with van der Waals surface area (Å²) in [5.74, 6) is -1.06. The second-order valence-electron chi connectivity index (χ2n) is 4.09. The Balaban J connectivity index is 2.21. The van der Waals surface area contributed by atoms with Gasteiger partial charge in [0.2, 0.25) is 0 Å². The molecule has 1 amide bonds. The highest BCUT2D eigenvalue weighted by Gasteiger charge is 2.22. The average Bonchev–Trinajstić information content (AvgIpc) is 2.67. The maximum atomic E-state index is 13.6. The van der Waals surface area contributed by atoms with Crippen molar-refractivity contribution in [1.29, 1.82) is 0 Å². The molecular weight excluding hydrogens is 225 g/mol. The van der Waals surface area contributed by atoms with Crippen molar-refractivity contribution in [1.82, 2.24) is 4.98 Å². The first-order valence-corrected chi connectivity index (χ1v) is 5.47. The van der Waals surface area contributed by atoms with Gasteiger partial charge < -0.3 is 15.4 Å². The molecule has 0 unspecified atom stereocenters. The Kier molecular flexibility index (Phi) is 3.12. The van der Waals surface area contributed by atoms with E-state index in [1.165, 1.54) is 12.3 Å². The van der Waals surface area contributed by atoms with Crippen molar-refractivity contribution in [3.05, 3.63) is 18.1 Å². The van der Waals surface area contributed by atoms with Crippen LogP contribution in [0.5, 0.6) is 5.88 Å². The van der Waals surface area contributed by atoms with Crippen LogP contribution >= 0.6 is 0 Å². The molecule has 0 radical (unpaired) electrons. The molecule has 92 valence electrons. The van der Waals surface area contributed by atoms with Crippen LogP contribution in [-0.4, -0.2) is 23.7 Å². The summed E-state index contributed by atoms with van der Waals surface area (Å²) in [6, 6.07) is 1.69. The third kappa shape index (κ3) is 2.46. The molecule has 5 nitrogen and oxygen atoms in total. The summed E-state index contributed by atoms with van der Waals surface area (Å²) in [6.07, 6.45) is 2.59. The Labute approximate surface area is 98.4 Å². The number of nitrogens with zero attached hydrogens (tertiary/aromatic N) is 2. The Hall–Kier alpha value is -1.85. The Morgan fingerprint density at radius 2 is 2.47 bits per heavy atom. The molecule has 2 rings (SSSR count). The normalized spacial score (nSPS) is 19.4. The zero-order chi connectivity index (χ0) is 12.4. The van der Waals surface area contributed by atoms with Crippen LogP contribution in [0.3, 0.4) is 0 Å². The maximum Gasteiger partial charge on any atom is 0.411 e. The first-order valence-electron chi connectivity index (χ1n) is 5.47. The molecule has 1 aromatic rings. The van der Waals surface area contributed by atoms with E-state index in [2.05, 4.69) is 21.5 Å². The quantitative estimate of drug-likeness (QED) is 0.852. The molecule has 0 spiro atoms. The highest BCUT2D eigenvalue weighted by atomic mass is 19.1. The van der Waals surface area contributed by atoms with Gasteiger partial charge in [0, 0.05) is 18.7 Å². The van der Waals surface area contributed by atoms with Crippen molar-refractivity contribution in [2.75, 3.05) is 11.4 Å². The number of primary amides is 1. The first kappa shape index (κ1) is 11.6. The number of hydrogen-bond acceptors (Lipinski definition) is 4. The number of anilines is 1. The molecule has 1 atom stereocenters. The topological polar surface area (TPSA) is 68.5 Å². The number of rotatable bonds is 2. The zero-order valence-corrected chi connectivity index (χ0v) is 9.52. The van der Waals surface area contributed by atoms with Crippen molar-refractivity contribution >= 4 is 11.8 Å². The van der Waals surface area contributed by atoms with Gasteiger partial charge in [0.05, 0.1) is 11.9 Å². The van der Waals surface area contributed by atoms with Crippen molar-refractivity contribution in [3.63, 3.8) is 0 Å². The number of halogens is 1. The zero-order valence-electron chi connectivity index (χ0n) is 9.52. The van der Waals surface area contributed by atoms with E-state index in [0.29, 0.717) is 11.7 Å². The van der Waals surface area contributed by atoms with Gasteiger partial charge in [0.1, 0.15) is 0 Å². The van der Waals surface area contributed by atoms with Crippen LogP contribution < -0.4 is 15.4 Å². The number of hydrogen-bond donors (Lipinski definition) is 1. The lowest BCUT2D eigenvalue weighted by Crippen LogP contribution is -2.26. The number of amides is 1. The molecule has 2 N–H and O–H groups in total. The summed E-state index contributed by atoms with van der Waals surface area (Å²) >= 11 is 0. The number of carbonyl (C=O) groups excluding carboxylic acids is 1. The molecule has 0 aliphatic carbocycles. The van der Waals surface area contributed by atoms with Crippen LogP contribution in [-0.2, 0) is 0 Å². The van der Waals surface area contributed by atoms with Gasteiger partial charge in [0.15, 0.2) is 5.82 Å². The molecule has 0 saturated carbocycles. The van der Waals surface area contributed by atoms with Gasteiger partial charge in [0.25, 0.3) is 5.88 Å². The molecule has 2 heterocycles. The van der Waals surface area contributed by atoms with Gasteiger partial charge in [-0.15, -0.1) is 0 Å². The summed E-state index contributed by atoms with van der Waals surface area (Å²) < 4.78 is 18.0. The van der Waals surface area contributed by atoms with Crippen LogP contribution in [0.15, 0.2) is 12.3 Å². The summed E-state index contributed by atoms with van der Waals surface area (Å²) in [5.41, 5.74) is 5.50. The molecule has 17 heavy (non-hydrogen) atoms. The third-order valence-electron chi connectivity index (χ3n) is 2.87. The number of pyridine rings is 1. The minimum absolute atomic E-state index is 0.374. The van der Waals surface area contributed by atoms with Gasteiger partial charge in [-0.1, -0.05) is 0 Å². The predicted octanol–water partition coefficient (Wildman–Crippen LogP) is 1.67. The number of carbonyl (C=O) groups is 1. The maximum absolute atomic E-state index is 13.6. The van der Waals surface area contributed by atoms with Crippen LogP contribution in [0.2, 0.25) is 0 Å². The lowest BCUT2D eigenvalue weighted by Gasteiger charge is -2.23. The first-order chi connectivity index (χ1) is 8.08. The third-order valence-corrected chi connectivity index (χ3v) is 2.87. The number of nitrogens with two attached hydrogens (primary N) is 1. The highest BCUT2D eigenvalue weighted by Crippen LogP contribution is 2.27. The van der Waals surface area contributed by atoms with Crippen molar-refractivity contribution in [2.45, 2.75) is 25.8 Å². The Morgan fingerprint density at radius 1 is 1.71 bits per heavy atom. The predicted molar refractivity (Wildman–Crippen MR) is 60.4 cm³/mol. The fourth-order valence-corrected chi connectivity index (χ4v) is 2.06.